The van der Waals surface area contributed by atoms with Crippen LogP contribution in [0.1, 0.15) is 19.3 Å². The SMILES string of the molecule is COC(=O)C12CC3(C(=O)OC)C4CC(=O)C1C4C1C2CC(=O)C13. The van der Waals surface area contributed by atoms with E-state index < -0.39 is 22.8 Å². The van der Waals surface area contributed by atoms with Crippen LogP contribution in [-0.2, 0) is 28.7 Å². The van der Waals surface area contributed by atoms with Crippen molar-refractivity contribution in [1.82, 2.24) is 0 Å². The van der Waals surface area contributed by atoms with Gasteiger partial charge in [0.05, 0.1) is 25.0 Å². The molecule has 0 spiro atoms. The van der Waals surface area contributed by atoms with Crippen LogP contribution in [0.5, 0.6) is 0 Å². The molecule has 8 bridgehead atoms. The lowest BCUT2D eigenvalue weighted by atomic mass is 9.53. The van der Waals surface area contributed by atoms with Gasteiger partial charge < -0.3 is 9.47 Å². The van der Waals surface area contributed by atoms with Gasteiger partial charge in [0.1, 0.15) is 11.6 Å². The maximum absolute atomic E-state index is 12.8. The first kappa shape index (κ1) is 13.7. The number of esters is 2. The molecule has 6 aliphatic carbocycles. The molecule has 122 valence electrons. The van der Waals surface area contributed by atoms with Gasteiger partial charge in [0.2, 0.25) is 0 Å². The van der Waals surface area contributed by atoms with Crippen LogP contribution in [0.15, 0.2) is 0 Å². The van der Waals surface area contributed by atoms with Gasteiger partial charge in [0.25, 0.3) is 0 Å². The quantitative estimate of drug-likeness (QED) is 0.684. The Morgan fingerprint density at radius 2 is 1.26 bits per heavy atom. The fourth-order valence-electron chi connectivity index (χ4n) is 7.66. The minimum atomic E-state index is -0.995. The average molecular weight is 318 g/mol. The van der Waals surface area contributed by atoms with E-state index in [1.165, 1.54) is 14.2 Å². The van der Waals surface area contributed by atoms with E-state index in [1.54, 1.807) is 0 Å². The molecule has 6 rings (SSSR count). The molecule has 0 N–H and O–H groups in total. The molecule has 23 heavy (non-hydrogen) atoms. The number of hydrogen-bond acceptors (Lipinski definition) is 6. The highest BCUT2D eigenvalue weighted by atomic mass is 16.5. The molecule has 8 unspecified atom stereocenters. The lowest BCUT2D eigenvalue weighted by Gasteiger charge is -2.48. The molecule has 0 aromatic heterocycles. The summed E-state index contributed by atoms with van der Waals surface area (Å²) >= 11 is 0. The van der Waals surface area contributed by atoms with Crippen LogP contribution in [-0.4, -0.2) is 37.7 Å². The smallest absolute Gasteiger partial charge is 0.312 e. The Kier molecular flexibility index (Phi) is 2.19. The summed E-state index contributed by atoms with van der Waals surface area (Å²) < 4.78 is 10.1. The van der Waals surface area contributed by atoms with E-state index >= 15 is 0 Å². The van der Waals surface area contributed by atoms with E-state index in [1.807, 2.05) is 0 Å². The number of Topliss-reactive ketones (excluding diaryl/α,β-unsaturated/α-hetero) is 2. The minimum absolute atomic E-state index is 0.0316. The highest BCUT2D eigenvalue weighted by Crippen LogP contribution is 2.84. The van der Waals surface area contributed by atoms with E-state index in [0.717, 1.165) is 0 Å². The van der Waals surface area contributed by atoms with Crippen molar-refractivity contribution in [1.29, 1.82) is 0 Å². The molecular weight excluding hydrogens is 300 g/mol. The molecule has 6 saturated carbocycles. The summed E-state index contributed by atoms with van der Waals surface area (Å²) in [5.41, 5.74) is -1.99. The topological polar surface area (TPSA) is 86.7 Å². The second-order valence-corrected chi connectivity index (χ2v) is 7.90. The fraction of sp³-hybridized carbons (Fsp3) is 0.765. The summed E-state index contributed by atoms with van der Waals surface area (Å²) in [7, 11) is 2.64. The van der Waals surface area contributed by atoms with Crippen molar-refractivity contribution in [3.63, 3.8) is 0 Å². The lowest BCUT2D eigenvalue weighted by molar-refractivity contribution is -0.180. The van der Waals surface area contributed by atoms with Gasteiger partial charge in [-0.1, -0.05) is 0 Å². The van der Waals surface area contributed by atoms with Crippen LogP contribution >= 0.6 is 0 Å². The van der Waals surface area contributed by atoms with Gasteiger partial charge in [-0.25, -0.2) is 0 Å². The summed E-state index contributed by atoms with van der Waals surface area (Å²) in [5, 5.41) is 0. The van der Waals surface area contributed by atoms with Crippen LogP contribution < -0.4 is 0 Å². The number of rotatable bonds is 2. The van der Waals surface area contributed by atoms with Crippen LogP contribution in [0.3, 0.4) is 0 Å². The maximum atomic E-state index is 12.8. The Labute approximate surface area is 132 Å². The molecular formula is C17H18O6. The van der Waals surface area contributed by atoms with Crippen molar-refractivity contribution in [2.45, 2.75) is 19.3 Å². The maximum Gasteiger partial charge on any atom is 0.312 e. The molecule has 0 aromatic rings. The Hall–Kier alpha value is -1.72. The molecule has 0 amide bonds. The lowest BCUT2D eigenvalue weighted by Crippen LogP contribution is -2.55. The van der Waals surface area contributed by atoms with Gasteiger partial charge in [0.15, 0.2) is 0 Å². The first-order valence-corrected chi connectivity index (χ1v) is 8.17. The summed E-state index contributed by atoms with van der Waals surface area (Å²) in [4.78, 5) is 50.9. The van der Waals surface area contributed by atoms with Gasteiger partial charge >= 0.3 is 11.9 Å². The Morgan fingerprint density at radius 1 is 0.870 bits per heavy atom. The Balaban J connectivity index is 1.81. The molecule has 8 atom stereocenters. The Bertz CT molecular complexity index is 639. The largest absolute Gasteiger partial charge is 0.469 e. The van der Waals surface area contributed by atoms with Crippen LogP contribution in [0.2, 0.25) is 0 Å². The van der Waals surface area contributed by atoms with Gasteiger partial charge in [-0.15, -0.1) is 0 Å². The van der Waals surface area contributed by atoms with Crippen LogP contribution in [0, 0.1) is 46.3 Å². The third kappa shape index (κ3) is 1.05. The molecule has 6 nitrogen and oxygen atoms in total. The molecule has 0 saturated heterocycles. The zero-order chi connectivity index (χ0) is 16.3. The third-order valence-corrected chi connectivity index (χ3v) is 7.83. The molecule has 0 aromatic carbocycles. The zero-order valence-electron chi connectivity index (χ0n) is 13.0. The van der Waals surface area contributed by atoms with Crippen molar-refractivity contribution in [3.05, 3.63) is 0 Å². The minimum Gasteiger partial charge on any atom is -0.469 e. The summed E-state index contributed by atoms with van der Waals surface area (Å²) in [6.07, 6.45) is 0.820. The van der Waals surface area contributed by atoms with Crippen molar-refractivity contribution < 1.29 is 28.7 Å². The highest BCUT2D eigenvalue weighted by Gasteiger charge is 2.89. The van der Waals surface area contributed by atoms with Crippen LogP contribution in [0.25, 0.3) is 0 Å². The van der Waals surface area contributed by atoms with Crippen LogP contribution in [0.4, 0.5) is 0 Å². The molecule has 6 heteroatoms. The van der Waals surface area contributed by atoms with Crippen molar-refractivity contribution in [2.75, 3.05) is 14.2 Å². The van der Waals surface area contributed by atoms with Crippen molar-refractivity contribution >= 4 is 23.5 Å². The predicted octanol–water partition coefficient (Wildman–Crippen LogP) is 0.379. The molecule has 0 aliphatic heterocycles. The third-order valence-electron chi connectivity index (χ3n) is 7.83. The molecule has 0 heterocycles. The summed E-state index contributed by atoms with van der Waals surface area (Å²) in [6.45, 7) is 0. The van der Waals surface area contributed by atoms with Gasteiger partial charge in [-0.3, -0.25) is 19.2 Å². The monoisotopic (exact) mass is 318 g/mol. The normalized spacial score (nSPS) is 54.0. The summed E-state index contributed by atoms with van der Waals surface area (Å²) in [6, 6.07) is 0. The zero-order valence-corrected chi connectivity index (χ0v) is 13.0. The first-order valence-electron chi connectivity index (χ1n) is 8.17. The summed E-state index contributed by atoms with van der Waals surface area (Å²) in [5.74, 6) is -1.80. The predicted molar refractivity (Wildman–Crippen MR) is 73.7 cm³/mol. The highest BCUT2D eigenvalue weighted by molar-refractivity contribution is 6.02. The first-order chi connectivity index (χ1) is 10.9. The number of carbonyl (C=O) groups excluding carboxylic acids is 4. The molecule has 6 fully saturated rings. The number of ketones is 2. The van der Waals surface area contributed by atoms with Gasteiger partial charge in [0, 0.05) is 24.7 Å². The standard InChI is InChI=1S/C17H18O6/c1-22-14(20)16-5-17(15(21)23-2)7-4-8(18)12(16)11(7)10-6(16)3-9(19)13(10)17/h6-7,10-13H,3-5H2,1-2H3. The van der Waals surface area contributed by atoms with Gasteiger partial charge in [-0.05, 0) is 30.1 Å². The number of carbonyl (C=O) groups is 4. The Morgan fingerprint density at radius 3 is 1.61 bits per heavy atom. The van der Waals surface area contributed by atoms with Crippen molar-refractivity contribution in [2.24, 2.45) is 46.3 Å². The second kappa shape index (κ2) is 3.68. The number of ether oxygens (including phenoxy) is 2. The fourth-order valence-corrected chi connectivity index (χ4v) is 7.66. The van der Waals surface area contributed by atoms with E-state index in [9.17, 15) is 19.2 Å². The molecule has 0 radical (unpaired) electrons. The number of methoxy groups -OCH3 is 2. The second-order valence-electron chi connectivity index (χ2n) is 7.90. The van der Waals surface area contributed by atoms with E-state index in [4.69, 9.17) is 9.47 Å². The van der Waals surface area contributed by atoms with E-state index in [-0.39, 0.29) is 66.3 Å². The van der Waals surface area contributed by atoms with E-state index in [2.05, 4.69) is 0 Å². The van der Waals surface area contributed by atoms with Crippen molar-refractivity contribution in [3.8, 4) is 0 Å². The average Bonchev–Trinajstić information content (AvgIpc) is 3.13. The van der Waals surface area contributed by atoms with Gasteiger partial charge in [-0.2, -0.15) is 0 Å². The number of hydrogen-bond donors (Lipinski definition) is 0. The molecule has 6 aliphatic rings. The van der Waals surface area contributed by atoms with E-state index in [0.29, 0.717) is 0 Å².